The van der Waals surface area contributed by atoms with Gasteiger partial charge in [-0.3, -0.25) is 0 Å². The van der Waals surface area contributed by atoms with Gasteiger partial charge in [-0.15, -0.1) is 10.2 Å². The highest BCUT2D eigenvalue weighted by Gasteiger charge is 2.51. The van der Waals surface area contributed by atoms with Crippen molar-refractivity contribution in [1.82, 2.24) is 20.0 Å². The van der Waals surface area contributed by atoms with Gasteiger partial charge in [0.15, 0.2) is 5.69 Å². The molecular weight excluding hydrogens is 571 g/mol. The average molecular weight is 594 g/mol. The molecule has 2 aromatic heterocycles. The number of aryl methyl sites for hydroxylation is 1. The molecule has 6 rings (SSSR count). The van der Waals surface area contributed by atoms with Crippen LogP contribution in [0.1, 0.15) is 42.3 Å². The van der Waals surface area contributed by atoms with E-state index in [0.717, 1.165) is 39.8 Å². The Kier molecular flexibility index (Phi) is 6.22. The highest BCUT2D eigenvalue weighted by molar-refractivity contribution is 9.10. The monoisotopic (exact) mass is 592 g/mol. The van der Waals surface area contributed by atoms with Gasteiger partial charge in [0.25, 0.3) is 5.89 Å². The Hall–Kier alpha value is -2.93. The molecule has 1 saturated carbocycles. The zero-order valence-corrected chi connectivity index (χ0v) is 23.4. The first-order valence-electron chi connectivity index (χ1n) is 12.1. The fourth-order valence-corrected chi connectivity index (χ4v) is 5.58. The van der Waals surface area contributed by atoms with Crippen molar-refractivity contribution >= 4 is 39.1 Å². The van der Waals surface area contributed by atoms with Gasteiger partial charge in [-0.25, -0.2) is 4.68 Å². The smallest absolute Gasteiger partial charge is 0.268 e. The molecule has 5 aromatic rings. The van der Waals surface area contributed by atoms with Gasteiger partial charge in [0.1, 0.15) is 0 Å². The summed E-state index contributed by atoms with van der Waals surface area (Å²) in [6, 6.07) is 22.1. The predicted molar refractivity (Wildman–Crippen MR) is 151 cm³/mol. The SMILES string of the molecule is CCc1c(-c2nnc(C3(c4ccc(C)cc4)CC3)o2)nn(-c2ccc(Cl)cc2Cl)c1-c1ccc(Br)cc1. The summed E-state index contributed by atoms with van der Waals surface area (Å²) in [5.41, 5.74) is 6.53. The van der Waals surface area contributed by atoms with E-state index in [9.17, 15) is 0 Å². The van der Waals surface area contributed by atoms with E-state index in [1.807, 2.05) is 28.9 Å². The van der Waals surface area contributed by atoms with Crippen LogP contribution in [0.2, 0.25) is 10.0 Å². The third-order valence-electron chi connectivity index (χ3n) is 6.98. The Morgan fingerprint density at radius 2 is 1.70 bits per heavy atom. The van der Waals surface area contributed by atoms with Crippen LogP contribution in [0.25, 0.3) is 28.5 Å². The number of benzene rings is 3. The highest BCUT2D eigenvalue weighted by atomic mass is 79.9. The zero-order chi connectivity index (χ0) is 25.7. The van der Waals surface area contributed by atoms with Crippen LogP contribution in [0, 0.1) is 6.92 Å². The molecule has 0 amide bonds. The van der Waals surface area contributed by atoms with E-state index in [4.69, 9.17) is 32.7 Å². The lowest BCUT2D eigenvalue weighted by Gasteiger charge is -2.11. The van der Waals surface area contributed by atoms with Crippen molar-refractivity contribution in [2.75, 3.05) is 0 Å². The van der Waals surface area contributed by atoms with Gasteiger partial charge >= 0.3 is 0 Å². The second-order valence-corrected chi connectivity index (χ2v) is 11.2. The molecule has 0 radical (unpaired) electrons. The summed E-state index contributed by atoms with van der Waals surface area (Å²) in [6.07, 6.45) is 2.68. The minimum Gasteiger partial charge on any atom is -0.418 e. The second-order valence-electron chi connectivity index (χ2n) is 9.40. The molecule has 0 spiro atoms. The van der Waals surface area contributed by atoms with Crippen molar-refractivity contribution in [3.63, 3.8) is 0 Å². The summed E-state index contributed by atoms with van der Waals surface area (Å²) in [5.74, 6) is 1.05. The van der Waals surface area contributed by atoms with Crippen molar-refractivity contribution in [1.29, 1.82) is 0 Å². The van der Waals surface area contributed by atoms with Crippen LogP contribution in [-0.2, 0) is 11.8 Å². The lowest BCUT2D eigenvalue weighted by molar-refractivity contribution is 0.470. The van der Waals surface area contributed by atoms with E-state index in [1.165, 1.54) is 11.1 Å². The maximum absolute atomic E-state index is 6.65. The molecule has 2 heterocycles. The number of nitrogens with zero attached hydrogens (tertiary/aromatic N) is 4. The molecule has 1 aliphatic rings. The van der Waals surface area contributed by atoms with Crippen LogP contribution < -0.4 is 0 Å². The van der Waals surface area contributed by atoms with E-state index in [-0.39, 0.29) is 5.41 Å². The first-order chi connectivity index (χ1) is 17.9. The first kappa shape index (κ1) is 24.4. The molecule has 37 heavy (non-hydrogen) atoms. The minimum absolute atomic E-state index is 0.220. The summed E-state index contributed by atoms with van der Waals surface area (Å²) in [5, 5.41) is 15.1. The molecule has 186 valence electrons. The molecule has 0 unspecified atom stereocenters. The quantitative estimate of drug-likeness (QED) is 0.198. The Morgan fingerprint density at radius 3 is 2.35 bits per heavy atom. The predicted octanol–water partition coefficient (Wildman–Crippen LogP) is 8.61. The van der Waals surface area contributed by atoms with Crippen LogP contribution in [0.5, 0.6) is 0 Å². The number of halogens is 3. The Bertz CT molecular complexity index is 1600. The number of aromatic nitrogens is 4. The summed E-state index contributed by atoms with van der Waals surface area (Å²) in [7, 11) is 0. The lowest BCUT2D eigenvalue weighted by atomic mass is 9.95. The standard InChI is InChI=1S/C29H23BrCl2N4O/c1-3-22-25(27-33-34-28(37-27)29(14-15-29)19-8-4-17(2)5-9-19)35-36(24-13-12-21(31)16-23(24)32)26(22)18-6-10-20(30)11-7-18/h4-13,16H,3,14-15H2,1-2H3. The van der Waals surface area contributed by atoms with Crippen LogP contribution in [0.15, 0.2) is 75.6 Å². The van der Waals surface area contributed by atoms with Crippen molar-refractivity contribution in [2.45, 2.75) is 38.5 Å². The fraction of sp³-hybridized carbons (Fsp3) is 0.207. The molecule has 1 fully saturated rings. The Labute approximate surface area is 233 Å². The summed E-state index contributed by atoms with van der Waals surface area (Å²) in [4.78, 5) is 0. The zero-order valence-electron chi connectivity index (χ0n) is 20.3. The number of hydrogen-bond donors (Lipinski definition) is 0. The van der Waals surface area contributed by atoms with Crippen LogP contribution >= 0.6 is 39.1 Å². The van der Waals surface area contributed by atoms with E-state index in [2.05, 4.69) is 76.4 Å². The molecule has 3 aromatic carbocycles. The van der Waals surface area contributed by atoms with Gasteiger partial charge in [0.05, 0.1) is 21.8 Å². The van der Waals surface area contributed by atoms with Gasteiger partial charge in [-0.1, -0.05) is 88.0 Å². The molecule has 8 heteroatoms. The molecule has 0 bridgehead atoms. The highest BCUT2D eigenvalue weighted by Crippen LogP contribution is 2.53. The molecule has 0 aliphatic heterocycles. The van der Waals surface area contributed by atoms with Gasteiger partial charge in [0, 0.05) is 20.6 Å². The summed E-state index contributed by atoms with van der Waals surface area (Å²) >= 11 is 16.4. The third-order valence-corrected chi connectivity index (χ3v) is 8.05. The maximum Gasteiger partial charge on any atom is 0.268 e. The van der Waals surface area contributed by atoms with E-state index in [0.29, 0.717) is 33.9 Å². The van der Waals surface area contributed by atoms with Crippen molar-refractivity contribution in [2.24, 2.45) is 0 Å². The Balaban J connectivity index is 1.51. The van der Waals surface area contributed by atoms with Gasteiger partial charge in [0.2, 0.25) is 5.89 Å². The largest absolute Gasteiger partial charge is 0.418 e. The van der Waals surface area contributed by atoms with Crippen molar-refractivity contribution in [3.05, 3.63) is 104 Å². The topological polar surface area (TPSA) is 56.7 Å². The van der Waals surface area contributed by atoms with E-state index >= 15 is 0 Å². The summed E-state index contributed by atoms with van der Waals surface area (Å²) in [6.45, 7) is 4.19. The first-order valence-corrected chi connectivity index (χ1v) is 13.7. The lowest BCUT2D eigenvalue weighted by Crippen LogP contribution is -2.09. The van der Waals surface area contributed by atoms with Gasteiger partial charge in [-0.2, -0.15) is 5.10 Å². The molecular formula is C29H23BrCl2N4O. The normalized spacial score (nSPS) is 14.2. The second kappa shape index (κ2) is 9.43. The molecule has 1 aliphatic carbocycles. The van der Waals surface area contributed by atoms with Gasteiger partial charge < -0.3 is 4.42 Å². The molecule has 5 nitrogen and oxygen atoms in total. The molecule has 0 saturated heterocycles. The van der Waals surface area contributed by atoms with Crippen LogP contribution in [0.3, 0.4) is 0 Å². The van der Waals surface area contributed by atoms with E-state index in [1.54, 1.807) is 6.07 Å². The molecule has 0 atom stereocenters. The molecule has 0 N–H and O–H groups in total. The van der Waals surface area contributed by atoms with Crippen LogP contribution in [-0.4, -0.2) is 20.0 Å². The summed E-state index contributed by atoms with van der Waals surface area (Å²) < 4.78 is 9.22. The maximum atomic E-state index is 6.65. The number of hydrogen-bond acceptors (Lipinski definition) is 4. The average Bonchev–Trinajstić information content (AvgIpc) is 3.38. The van der Waals surface area contributed by atoms with Crippen LogP contribution in [0.4, 0.5) is 0 Å². The van der Waals surface area contributed by atoms with Crippen molar-refractivity contribution in [3.8, 4) is 28.5 Å². The van der Waals surface area contributed by atoms with Crippen molar-refractivity contribution < 1.29 is 4.42 Å². The van der Waals surface area contributed by atoms with Gasteiger partial charge in [-0.05, 0) is 62.1 Å². The fourth-order valence-electron chi connectivity index (χ4n) is 4.82. The Morgan fingerprint density at radius 1 is 0.973 bits per heavy atom. The third kappa shape index (κ3) is 4.31. The van der Waals surface area contributed by atoms with E-state index < -0.39 is 0 Å². The minimum atomic E-state index is -0.220. The number of rotatable bonds is 6.